The van der Waals surface area contributed by atoms with Crippen LogP contribution in [-0.2, 0) is 9.53 Å². The Hall–Kier alpha value is -2.21. The Bertz CT molecular complexity index is 917. The molecule has 0 N–H and O–H groups in total. The molecule has 0 bridgehead atoms. The number of para-hydroxylation sites is 1. The van der Waals surface area contributed by atoms with Gasteiger partial charge in [0.25, 0.3) is 5.91 Å². The highest BCUT2D eigenvalue weighted by molar-refractivity contribution is 8.00. The Morgan fingerprint density at radius 2 is 1.93 bits per heavy atom. The van der Waals surface area contributed by atoms with Crippen molar-refractivity contribution < 1.29 is 14.3 Å². The van der Waals surface area contributed by atoms with Crippen LogP contribution in [0.4, 0.5) is 5.69 Å². The smallest absolute Gasteiger partial charge is 0.340 e. The first-order valence-electron chi connectivity index (χ1n) is 9.87. The molecule has 1 aliphatic carbocycles. The largest absolute Gasteiger partial charge is 0.452 e. The summed E-state index contributed by atoms with van der Waals surface area (Å²) in [5.41, 5.74) is 3.48. The zero-order chi connectivity index (χ0) is 19.8. The van der Waals surface area contributed by atoms with Crippen LogP contribution in [0.15, 0.2) is 35.2 Å². The number of rotatable bonds is 4. The summed E-state index contributed by atoms with van der Waals surface area (Å²) in [5.74, 6) is -0.592. The number of nitrogens with zero attached hydrogens (tertiary/aromatic N) is 2. The summed E-state index contributed by atoms with van der Waals surface area (Å²) < 4.78 is 7.64. The van der Waals surface area contributed by atoms with E-state index < -0.39 is 5.97 Å². The van der Waals surface area contributed by atoms with Crippen molar-refractivity contribution in [2.24, 2.45) is 0 Å². The lowest BCUT2D eigenvalue weighted by atomic mass is 10.2. The van der Waals surface area contributed by atoms with Gasteiger partial charge in [0.2, 0.25) is 0 Å². The molecule has 1 aromatic heterocycles. The Morgan fingerprint density at radius 1 is 1.18 bits per heavy atom. The monoisotopic (exact) mass is 398 g/mol. The summed E-state index contributed by atoms with van der Waals surface area (Å²) in [5, 5.41) is 0.439. The summed E-state index contributed by atoms with van der Waals surface area (Å²) in [6.07, 6.45) is 3.23. The van der Waals surface area contributed by atoms with Crippen LogP contribution in [0.25, 0.3) is 0 Å². The Morgan fingerprint density at radius 3 is 2.68 bits per heavy atom. The van der Waals surface area contributed by atoms with Crippen LogP contribution in [0.2, 0.25) is 0 Å². The highest BCUT2D eigenvalue weighted by Crippen LogP contribution is 2.39. The molecule has 1 atom stereocenters. The highest BCUT2D eigenvalue weighted by atomic mass is 32.2. The molecule has 0 spiro atoms. The molecule has 1 saturated carbocycles. The fourth-order valence-corrected chi connectivity index (χ4v) is 5.02. The molecule has 5 nitrogen and oxygen atoms in total. The minimum Gasteiger partial charge on any atom is -0.452 e. The molecule has 1 aliphatic heterocycles. The van der Waals surface area contributed by atoms with E-state index in [1.165, 1.54) is 0 Å². The second-order valence-electron chi connectivity index (χ2n) is 7.69. The zero-order valence-electron chi connectivity index (χ0n) is 16.6. The summed E-state index contributed by atoms with van der Waals surface area (Å²) in [6, 6.07) is 10.3. The number of anilines is 1. The van der Waals surface area contributed by atoms with Gasteiger partial charge < -0.3 is 14.2 Å². The number of fused-ring (bicyclic) bond motifs is 1. The van der Waals surface area contributed by atoms with E-state index in [2.05, 4.69) is 11.5 Å². The molecule has 4 rings (SSSR count). The van der Waals surface area contributed by atoms with Gasteiger partial charge in [-0.05, 0) is 51.3 Å². The number of carbonyl (C=O) groups is 2. The molecule has 1 amide bonds. The lowest BCUT2D eigenvalue weighted by Gasteiger charge is -2.22. The van der Waals surface area contributed by atoms with Crippen LogP contribution in [0.1, 0.15) is 54.0 Å². The lowest BCUT2D eigenvalue weighted by molar-refractivity contribution is -0.121. The van der Waals surface area contributed by atoms with E-state index in [9.17, 15) is 9.59 Å². The van der Waals surface area contributed by atoms with Crippen LogP contribution >= 0.6 is 11.8 Å². The molecule has 0 saturated heterocycles. The molecule has 6 heteroatoms. The number of esters is 1. The van der Waals surface area contributed by atoms with E-state index in [0.717, 1.165) is 41.2 Å². The molecule has 28 heavy (non-hydrogen) atoms. The normalized spacial score (nSPS) is 19.1. The third-order valence-electron chi connectivity index (χ3n) is 5.49. The molecule has 2 aromatic rings. The van der Waals surface area contributed by atoms with Gasteiger partial charge in [-0.1, -0.05) is 19.1 Å². The van der Waals surface area contributed by atoms with Gasteiger partial charge in [-0.25, -0.2) is 4.79 Å². The third kappa shape index (κ3) is 3.70. The van der Waals surface area contributed by atoms with E-state index in [1.54, 1.807) is 16.7 Å². The van der Waals surface area contributed by atoms with Gasteiger partial charge in [-0.15, -0.1) is 11.8 Å². The van der Waals surface area contributed by atoms with Gasteiger partial charge in [-0.2, -0.15) is 0 Å². The van der Waals surface area contributed by atoms with Gasteiger partial charge in [0.15, 0.2) is 6.61 Å². The Labute approximate surface area is 170 Å². The molecule has 2 aliphatic rings. The number of benzene rings is 1. The Kier molecular flexibility index (Phi) is 5.23. The predicted octanol–water partition coefficient (Wildman–Crippen LogP) is 4.51. The van der Waals surface area contributed by atoms with E-state index in [-0.39, 0.29) is 12.5 Å². The first kappa shape index (κ1) is 19.1. The maximum atomic E-state index is 12.9. The van der Waals surface area contributed by atoms with Crippen molar-refractivity contribution in [2.75, 3.05) is 18.1 Å². The molecule has 148 valence electrons. The van der Waals surface area contributed by atoms with Crippen LogP contribution in [0.3, 0.4) is 0 Å². The maximum absolute atomic E-state index is 12.9. The molecular weight excluding hydrogens is 372 g/mol. The molecule has 0 radical (unpaired) electrons. The average molecular weight is 399 g/mol. The van der Waals surface area contributed by atoms with Crippen LogP contribution in [-0.4, -0.2) is 34.8 Å². The minimum atomic E-state index is -0.417. The van der Waals surface area contributed by atoms with Crippen LogP contribution in [0.5, 0.6) is 0 Å². The molecule has 1 aromatic carbocycles. The first-order valence-corrected chi connectivity index (χ1v) is 10.7. The van der Waals surface area contributed by atoms with Crippen LogP contribution < -0.4 is 4.90 Å². The van der Waals surface area contributed by atoms with E-state index in [1.807, 2.05) is 44.2 Å². The number of ether oxygens (including phenoxy) is 1. The number of aryl methyl sites for hydroxylation is 1. The van der Waals surface area contributed by atoms with Crippen LogP contribution in [0, 0.1) is 13.8 Å². The standard InChI is InChI=1S/C22H26N2O3S/c1-14-12-18(16(3)24(14)17-8-9-17)22(26)27-13-21(25)23-11-10-15(2)28-20-7-5-4-6-19(20)23/h4-7,12,15,17H,8-11,13H2,1-3H3/t15-/m1/s1. The molecule has 2 heterocycles. The van der Waals surface area contributed by atoms with Gasteiger partial charge in [0.1, 0.15) is 0 Å². The highest BCUT2D eigenvalue weighted by Gasteiger charge is 2.29. The number of carbonyl (C=O) groups excluding carboxylic acids is 2. The van der Waals surface area contributed by atoms with Gasteiger partial charge in [0, 0.05) is 34.1 Å². The SMILES string of the molecule is Cc1cc(C(=O)OCC(=O)N2CC[C@@H](C)Sc3ccccc32)c(C)n1C1CC1. The zero-order valence-corrected chi connectivity index (χ0v) is 17.4. The predicted molar refractivity (Wildman–Crippen MR) is 111 cm³/mol. The summed E-state index contributed by atoms with van der Waals surface area (Å²) >= 11 is 1.79. The van der Waals surface area contributed by atoms with Crippen molar-refractivity contribution in [1.82, 2.24) is 4.57 Å². The lowest BCUT2D eigenvalue weighted by Crippen LogP contribution is -2.35. The van der Waals surface area contributed by atoms with E-state index >= 15 is 0 Å². The van der Waals surface area contributed by atoms with Crippen molar-refractivity contribution in [3.05, 3.63) is 47.3 Å². The fourth-order valence-electron chi connectivity index (χ4n) is 3.91. The quantitative estimate of drug-likeness (QED) is 0.711. The molecular formula is C22H26N2O3S. The first-order chi connectivity index (χ1) is 13.5. The summed E-state index contributed by atoms with van der Waals surface area (Å²) in [7, 11) is 0. The van der Waals surface area contributed by atoms with Crippen molar-refractivity contribution in [2.45, 2.75) is 56.2 Å². The van der Waals surface area contributed by atoms with E-state index in [0.29, 0.717) is 23.4 Å². The number of amides is 1. The maximum Gasteiger partial charge on any atom is 0.340 e. The molecule has 1 fully saturated rings. The minimum absolute atomic E-state index is 0.175. The summed E-state index contributed by atoms with van der Waals surface area (Å²) in [6.45, 7) is 6.54. The number of hydrogen-bond donors (Lipinski definition) is 0. The van der Waals surface area contributed by atoms with Crippen molar-refractivity contribution in [3.63, 3.8) is 0 Å². The number of hydrogen-bond acceptors (Lipinski definition) is 4. The second-order valence-corrected chi connectivity index (χ2v) is 9.17. The third-order valence-corrected chi connectivity index (χ3v) is 6.72. The average Bonchev–Trinajstić information content (AvgIpc) is 3.47. The molecule has 0 unspecified atom stereocenters. The van der Waals surface area contributed by atoms with Crippen molar-refractivity contribution in [3.8, 4) is 0 Å². The van der Waals surface area contributed by atoms with Gasteiger partial charge in [-0.3, -0.25) is 4.79 Å². The summed E-state index contributed by atoms with van der Waals surface area (Å²) in [4.78, 5) is 28.3. The van der Waals surface area contributed by atoms with Crippen molar-refractivity contribution >= 4 is 29.3 Å². The Balaban J connectivity index is 1.46. The number of aromatic nitrogens is 1. The van der Waals surface area contributed by atoms with Crippen molar-refractivity contribution in [1.29, 1.82) is 0 Å². The number of thioether (sulfide) groups is 1. The second kappa shape index (κ2) is 7.66. The van der Waals surface area contributed by atoms with E-state index in [4.69, 9.17) is 4.74 Å². The van der Waals surface area contributed by atoms with Gasteiger partial charge in [0.05, 0.1) is 11.3 Å². The fraction of sp³-hybridized carbons (Fsp3) is 0.455. The van der Waals surface area contributed by atoms with Gasteiger partial charge >= 0.3 is 5.97 Å². The topological polar surface area (TPSA) is 51.5 Å².